The van der Waals surface area contributed by atoms with Crippen LogP contribution >= 0.6 is 63.7 Å². The van der Waals surface area contributed by atoms with Crippen molar-refractivity contribution in [2.45, 2.75) is 154 Å². The first-order valence-electron chi connectivity index (χ1n) is 32.9. The molecule has 0 fully saturated rings. The second-order valence-electron chi connectivity index (χ2n) is 23.2. The van der Waals surface area contributed by atoms with Crippen molar-refractivity contribution in [2.24, 2.45) is 0 Å². The van der Waals surface area contributed by atoms with Gasteiger partial charge in [-0.1, -0.05) is 215 Å². The average molecular weight is 1470 g/mol. The van der Waals surface area contributed by atoms with Crippen molar-refractivity contribution in [2.75, 3.05) is 47.7 Å². The minimum absolute atomic E-state index is 0. The number of hydrogen-bond donors (Lipinski definition) is 2. The number of H-pyrrole nitrogens is 2. The Morgan fingerprint density at radius 1 is 0.281 bits per heavy atom. The third-order valence-corrected chi connectivity index (χ3v) is 18.7. The maximum Gasteiger partial charge on any atom is 2.00 e. The van der Waals surface area contributed by atoms with Crippen LogP contribution in [0, 0.1) is 0 Å². The molecule has 2 N–H and O–H groups in total. The van der Waals surface area contributed by atoms with Gasteiger partial charge in [-0.3, -0.25) is 0 Å². The maximum absolute atomic E-state index is 6.54. The molecule has 0 saturated heterocycles. The molecule has 7 aromatic rings. The molecule has 2 aliphatic rings. The molecule has 0 amide bonds. The Hall–Kier alpha value is -4.63. The van der Waals surface area contributed by atoms with Gasteiger partial charge < -0.3 is 31.8 Å². The van der Waals surface area contributed by atoms with Gasteiger partial charge in [-0.05, 0) is 171 Å². The Morgan fingerprint density at radius 2 is 0.494 bits per heavy atom. The number of unbranched alkanes of at least 4 members (excludes halogenated alkanes) is 20. The molecule has 9 rings (SSSR count). The number of ether oxygens (including phenoxy) is 4. The minimum Gasteiger partial charge on any atom is -1.00 e. The van der Waals surface area contributed by atoms with Crippen molar-refractivity contribution < 1.29 is 21.8 Å². The summed E-state index contributed by atoms with van der Waals surface area (Å²) < 4.78 is 26.1. The number of aromatic amines is 2. The summed E-state index contributed by atoms with van der Waals surface area (Å²) in [5, 5.41) is 4.30. The Morgan fingerprint density at radius 3 is 0.719 bits per heavy atom. The van der Waals surface area contributed by atoms with E-state index < -0.39 is 0 Å². The van der Waals surface area contributed by atoms with Crippen LogP contribution in [0.15, 0.2) is 121 Å². The van der Waals surface area contributed by atoms with E-state index in [0.717, 1.165) is 185 Å². The van der Waals surface area contributed by atoms with Gasteiger partial charge in [-0.2, -0.15) is 0 Å². The summed E-state index contributed by atoms with van der Waals surface area (Å²) >= 11 is 14.3. The van der Waals surface area contributed by atoms with E-state index in [-0.39, 0.29) is 25.9 Å². The first kappa shape index (κ1) is 70.2. The molecule has 8 nitrogen and oxygen atoms in total. The predicted molar refractivity (Wildman–Crippen MR) is 397 cm³/mol. The molecule has 3 aromatic heterocycles. The summed E-state index contributed by atoms with van der Waals surface area (Å²) in [7, 11) is 0. The molecule has 2 aliphatic heterocycles. The molecular formula is C76H92Br4MgN4O4. The fraction of sp³-hybridized carbons (Fsp3) is 0.421. The second-order valence-corrected chi connectivity index (χ2v) is 26.4. The molecule has 0 atom stereocenters. The van der Waals surface area contributed by atoms with E-state index in [0.29, 0.717) is 26.4 Å². The van der Waals surface area contributed by atoms with Crippen molar-refractivity contribution in [1.29, 1.82) is 0 Å². The fourth-order valence-corrected chi connectivity index (χ4v) is 13.3. The molecule has 89 heavy (non-hydrogen) atoms. The third-order valence-electron chi connectivity index (χ3n) is 16.4. The number of benzene rings is 4. The summed E-state index contributed by atoms with van der Waals surface area (Å²) in [6, 6.07) is 42.9. The van der Waals surface area contributed by atoms with Crippen molar-refractivity contribution in [3.8, 4) is 67.5 Å². The Kier molecular flexibility index (Phi) is 31.3. The molecule has 8 bridgehead atoms. The molecule has 4 aromatic carbocycles. The number of hydrogen-bond acceptors (Lipinski definition) is 6. The van der Waals surface area contributed by atoms with Crippen LogP contribution < -0.4 is 18.9 Å². The summed E-state index contributed by atoms with van der Waals surface area (Å²) in [6.45, 7) is 2.68. The van der Waals surface area contributed by atoms with Crippen LogP contribution in [0.1, 0.15) is 180 Å². The number of fused-ring (bicyclic) bond motifs is 8. The van der Waals surface area contributed by atoms with Gasteiger partial charge >= 0.3 is 23.1 Å². The fourth-order valence-electron chi connectivity index (χ4n) is 11.8. The van der Waals surface area contributed by atoms with Gasteiger partial charge in [-0.15, -0.1) is 0 Å². The summed E-state index contributed by atoms with van der Waals surface area (Å²) in [5.74, 6) is 3.37. The number of alkyl halides is 4. The monoisotopic (exact) mass is 1460 g/mol. The molecule has 0 saturated carbocycles. The van der Waals surface area contributed by atoms with E-state index in [4.69, 9.17) is 28.9 Å². The molecule has 0 radical (unpaired) electrons. The van der Waals surface area contributed by atoms with Gasteiger partial charge in [0.1, 0.15) is 23.0 Å². The quantitative estimate of drug-likeness (QED) is 0.0226. The minimum atomic E-state index is 0. The standard InChI is InChI=1S/C76H90Br4N4O4.Mg.2H/c77-45-17-9-1-5-13-21-49-85-61-33-25-29-57(53-61)73-65-37-39-67(81-65)74(58-30-26-34-62(54-58)86-50-22-14-6-2-10-18-46-78)69-41-43-71(83-69)76(60-32-28-36-64(56-60)88-52-24-16-8-4-12-20-48-80)72-44-42-70(84-72)75(68-40-38-66(73)82-68)59-31-27-35-63(55-59)87-51-23-15-7-3-11-19-47-79;;;/h25-44,53-56,81,84H,1-24,45-52H2;;;/q;+2;2*-1. The molecule has 470 valence electrons. The zero-order valence-corrected chi connectivity index (χ0v) is 60.0. The van der Waals surface area contributed by atoms with E-state index in [1.54, 1.807) is 0 Å². The SMILES string of the molecule is BrCCCCCCCCOc1cccc(-c2c3nc(c(-c4cccc(OCCCCCCCCBr)c4)c4ccc([nH]4)c(-c4cccc(OCCCCCCCCBr)c4)c4nc(c(-c5cccc(OCCCCCCCCBr)c5)c5ccc2[nH]5)C=C4)C=C3)c1.[H-].[H-].[Mg+2]. The molecule has 13 heteroatoms. The molecular weight excluding hydrogens is 1380 g/mol. The van der Waals surface area contributed by atoms with Crippen molar-refractivity contribution in [1.82, 2.24) is 19.9 Å². The van der Waals surface area contributed by atoms with Gasteiger partial charge in [0, 0.05) is 65.6 Å². The van der Waals surface area contributed by atoms with E-state index in [1.807, 2.05) is 0 Å². The van der Waals surface area contributed by atoms with Crippen molar-refractivity contribution in [3.05, 3.63) is 144 Å². The summed E-state index contributed by atoms with van der Waals surface area (Å²) in [5.41, 5.74) is 15.0. The van der Waals surface area contributed by atoms with Crippen molar-refractivity contribution >= 4 is 133 Å². The Balaban J connectivity index is 0.00000439. The first-order valence-corrected chi connectivity index (χ1v) is 37.3. The van der Waals surface area contributed by atoms with Crippen LogP contribution in [0.3, 0.4) is 0 Å². The molecule has 0 spiro atoms. The largest absolute Gasteiger partial charge is 2.00 e. The van der Waals surface area contributed by atoms with Crippen LogP contribution in [0.5, 0.6) is 23.0 Å². The number of halogens is 4. The Labute approximate surface area is 583 Å². The van der Waals surface area contributed by atoms with Crippen LogP contribution in [-0.4, -0.2) is 90.7 Å². The zero-order chi connectivity index (χ0) is 60.8. The van der Waals surface area contributed by atoms with Crippen LogP contribution in [-0.2, 0) is 0 Å². The van der Waals surface area contributed by atoms with Crippen LogP contribution in [0.4, 0.5) is 0 Å². The number of aromatic nitrogens is 4. The summed E-state index contributed by atoms with van der Waals surface area (Å²) in [4.78, 5) is 19.3. The topological polar surface area (TPSA) is 94.3 Å². The van der Waals surface area contributed by atoms with E-state index >= 15 is 0 Å². The van der Waals surface area contributed by atoms with E-state index in [9.17, 15) is 0 Å². The number of rotatable bonds is 40. The third kappa shape index (κ3) is 21.7. The molecule has 5 heterocycles. The normalized spacial score (nSPS) is 11.7. The van der Waals surface area contributed by atoms with Crippen molar-refractivity contribution in [3.63, 3.8) is 0 Å². The number of nitrogens with one attached hydrogen (secondary N) is 2. The van der Waals surface area contributed by atoms with Gasteiger partial charge in [0.15, 0.2) is 0 Å². The first-order chi connectivity index (χ1) is 43.5. The predicted octanol–water partition coefficient (Wildman–Crippen LogP) is 23.6. The second kappa shape index (κ2) is 39.7. The van der Waals surface area contributed by atoms with Crippen LogP contribution in [0.2, 0.25) is 0 Å². The number of nitrogens with zero attached hydrogens (tertiary/aromatic N) is 2. The molecule has 0 unspecified atom stereocenters. The Bertz CT molecular complexity index is 3070. The maximum atomic E-state index is 6.54. The van der Waals surface area contributed by atoms with Gasteiger partial charge in [0.25, 0.3) is 0 Å². The van der Waals surface area contributed by atoms with Gasteiger partial charge in [-0.25, -0.2) is 9.97 Å². The summed E-state index contributed by atoms with van der Waals surface area (Å²) in [6.07, 6.45) is 37.3. The molecule has 0 aliphatic carbocycles. The van der Waals surface area contributed by atoms with Gasteiger partial charge in [0.2, 0.25) is 0 Å². The van der Waals surface area contributed by atoms with Gasteiger partial charge in [0.05, 0.1) is 49.2 Å². The zero-order valence-electron chi connectivity index (χ0n) is 54.2. The smallest absolute Gasteiger partial charge is 1.00 e. The van der Waals surface area contributed by atoms with E-state index in [2.05, 4.69) is 219 Å². The van der Waals surface area contributed by atoms with E-state index in [1.165, 1.54) is 103 Å². The average Bonchev–Trinajstić information content (AvgIpc) is 1.73. The van der Waals surface area contributed by atoms with Crippen LogP contribution in [0.25, 0.3) is 90.9 Å².